The lowest BCUT2D eigenvalue weighted by molar-refractivity contribution is -0.116. The minimum atomic E-state index is -0.0528. The van der Waals surface area contributed by atoms with E-state index in [1.165, 1.54) is 0 Å². The Kier molecular flexibility index (Phi) is 4.57. The van der Waals surface area contributed by atoms with Gasteiger partial charge in [0.25, 0.3) is 0 Å². The Morgan fingerprint density at radius 2 is 2.20 bits per heavy atom. The Hall–Kier alpha value is -0.580. The highest BCUT2D eigenvalue weighted by Gasteiger charge is 2.06. The summed E-state index contributed by atoms with van der Waals surface area (Å²) in [5.74, 6) is -0.0528. The van der Waals surface area contributed by atoms with Gasteiger partial charge in [0.05, 0.1) is 12.2 Å². The first-order valence-electron chi connectivity index (χ1n) is 4.38. The van der Waals surface area contributed by atoms with Crippen LogP contribution in [0.3, 0.4) is 0 Å². The second-order valence-corrected chi connectivity index (χ2v) is 4.70. The third-order valence-electron chi connectivity index (χ3n) is 1.67. The van der Waals surface area contributed by atoms with Gasteiger partial charge in [-0.15, -0.1) is 0 Å². The zero-order valence-electron chi connectivity index (χ0n) is 8.55. The maximum atomic E-state index is 11.5. The quantitative estimate of drug-likeness (QED) is 0.928. The van der Waals surface area contributed by atoms with Crippen LogP contribution in [0, 0.1) is 0 Å². The summed E-state index contributed by atoms with van der Waals surface area (Å²) in [6.45, 7) is 0.356. The van der Waals surface area contributed by atoms with Crippen molar-refractivity contribution in [3.8, 4) is 0 Å². The van der Waals surface area contributed by atoms with E-state index in [9.17, 15) is 4.79 Å². The number of carbonyl (C=O) groups is 1. The molecule has 0 aliphatic rings. The van der Waals surface area contributed by atoms with E-state index in [0.717, 1.165) is 10.2 Å². The van der Waals surface area contributed by atoms with Crippen molar-refractivity contribution in [3.63, 3.8) is 0 Å². The number of nitrogens with zero attached hydrogens (tertiary/aromatic N) is 1. The highest BCUT2D eigenvalue weighted by molar-refractivity contribution is 9.10. The molecule has 0 radical (unpaired) electrons. The Balaban J connectivity index is 2.68. The standard InChI is InChI=1S/C10H12BrClN2O/c1-14(2)6-10(15)13-9-4-3-7(12)5-8(9)11/h3-5H,6H2,1-2H3,(H,13,15). The van der Waals surface area contributed by atoms with Crippen LogP contribution in [0.25, 0.3) is 0 Å². The molecule has 0 aliphatic heterocycles. The molecule has 1 amide bonds. The van der Waals surface area contributed by atoms with Gasteiger partial charge >= 0.3 is 0 Å². The summed E-state index contributed by atoms with van der Waals surface area (Å²) in [5.41, 5.74) is 0.728. The van der Waals surface area contributed by atoms with Crippen molar-refractivity contribution in [2.45, 2.75) is 0 Å². The van der Waals surface area contributed by atoms with Crippen LogP contribution in [0.5, 0.6) is 0 Å². The number of halogens is 2. The summed E-state index contributed by atoms with van der Waals surface area (Å²) in [4.78, 5) is 13.3. The van der Waals surface area contributed by atoms with Crippen molar-refractivity contribution >= 4 is 39.1 Å². The molecule has 1 aromatic rings. The second-order valence-electron chi connectivity index (χ2n) is 3.41. The van der Waals surface area contributed by atoms with Gasteiger partial charge in [-0.2, -0.15) is 0 Å². The molecule has 1 rings (SSSR count). The van der Waals surface area contributed by atoms with Crippen LogP contribution in [0.15, 0.2) is 22.7 Å². The number of nitrogens with one attached hydrogen (secondary N) is 1. The highest BCUT2D eigenvalue weighted by Crippen LogP contribution is 2.25. The van der Waals surface area contributed by atoms with Crippen LogP contribution >= 0.6 is 27.5 Å². The zero-order chi connectivity index (χ0) is 11.4. The first-order chi connectivity index (χ1) is 6.99. The summed E-state index contributed by atoms with van der Waals surface area (Å²) in [7, 11) is 3.69. The number of likely N-dealkylation sites (N-methyl/N-ethyl adjacent to an activating group) is 1. The second kappa shape index (κ2) is 5.49. The Morgan fingerprint density at radius 1 is 1.53 bits per heavy atom. The molecule has 0 spiro atoms. The van der Waals surface area contributed by atoms with Crippen molar-refractivity contribution in [3.05, 3.63) is 27.7 Å². The van der Waals surface area contributed by atoms with Crippen molar-refractivity contribution in [1.82, 2.24) is 4.90 Å². The molecule has 15 heavy (non-hydrogen) atoms. The van der Waals surface area contributed by atoms with E-state index in [4.69, 9.17) is 11.6 Å². The van der Waals surface area contributed by atoms with Crippen molar-refractivity contribution in [1.29, 1.82) is 0 Å². The van der Waals surface area contributed by atoms with E-state index in [1.807, 2.05) is 14.1 Å². The molecule has 0 fully saturated rings. The van der Waals surface area contributed by atoms with Crippen LogP contribution in [-0.4, -0.2) is 31.4 Å². The molecule has 0 unspecified atom stereocenters. The normalized spacial score (nSPS) is 10.5. The molecule has 82 valence electrons. The monoisotopic (exact) mass is 290 g/mol. The highest BCUT2D eigenvalue weighted by atomic mass is 79.9. The molecule has 0 aromatic heterocycles. The Morgan fingerprint density at radius 3 is 2.73 bits per heavy atom. The van der Waals surface area contributed by atoms with E-state index in [1.54, 1.807) is 23.1 Å². The van der Waals surface area contributed by atoms with Gasteiger partial charge in [0.15, 0.2) is 0 Å². The molecule has 1 N–H and O–H groups in total. The van der Waals surface area contributed by atoms with Crippen molar-refractivity contribution in [2.75, 3.05) is 26.0 Å². The van der Waals surface area contributed by atoms with Gasteiger partial charge in [-0.3, -0.25) is 4.79 Å². The predicted molar refractivity (Wildman–Crippen MR) is 66.3 cm³/mol. The lowest BCUT2D eigenvalue weighted by Crippen LogP contribution is -2.27. The number of benzene rings is 1. The third kappa shape index (κ3) is 4.20. The van der Waals surface area contributed by atoms with Gasteiger partial charge in [0.1, 0.15) is 0 Å². The maximum absolute atomic E-state index is 11.5. The molecule has 0 saturated carbocycles. The van der Waals surface area contributed by atoms with E-state index in [2.05, 4.69) is 21.2 Å². The molecule has 0 saturated heterocycles. The fraction of sp³-hybridized carbons (Fsp3) is 0.300. The first kappa shape index (κ1) is 12.5. The van der Waals surface area contributed by atoms with Gasteiger partial charge in [-0.1, -0.05) is 11.6 Å². The van der Waals surface area contributed by atoms with Crippen LogP contribution in [0.1, 0.15) is 0 Å². The van der Waals surface area contributed by atoms with Crippen LogP contribution in [0.2, 0.25) is 5.02 Å². The Labute approximate surface area is 103 Å². The summed E-state index contributed by atoms with van der Waals surface area (Å²) in [6.07, 6.45) is 0. The Bertz CT molecular complexity index is 368. The van der Waals surface area contributed by atoms with Crippen LogP contribution < -0.4 is 5.32 Å². The fourth-order valence-electron chi connectivity index (χ4n) is 1.07. The lowest BCUT2D eigenvalue weighted by Gasteiger charge is -2.11. The molecule has 0 heterocycles. The number of rotatable bonds is 3. The SMILES string of the molecule is CN(C)CC(=O)Nc1ccc(Cl)cc1Br. The summed E-state index contributed by atoms with van der Waals surface area (Å²) in [5, 5.41) is 3.41. The zero-order valence-corrected chi connectivity index (χ0v) is 10.9. The van der Waals surface area contributed by atoms with E-state index in [-0.39, 0.29) is 5.91 Å². The predicted octanol–water partition coefficient (Wildman–Crippen LogP) is 2.60. The summed E-state index contributed by atoms with van der Waals surface area (Å²) < 4.78 is 0.780. The average Bonchev–Trinajstić information content (AvgIpc) is 2.08. The largest absolute Gasteiger partial charge is 0.324 e. The van der Waals surface area contributed by atoms with E-state index < -0.39 is 0 Å². The molecular weight excluding hydrogens is 279 g/mol. The number of anilines is 1. The molecule has 3 nitrogen and oxygen atoms in total. The average molecular weight is 292 g/mol. The molecule has 0 aliphatic carbocycles. The molecular formula is C10H12BrClN2O. The molecule has 0 bridgehead atoms. The molecule has 0 atom stereocenters. The van der Waals surface area contributed by atoms with Crippen molar-refractivity contribution < 1.29 is 4.79 Å². The number of hydrogen-bond acceptors (Lipinski definition) is 2. The van der Waals surface area contributed by atoms with Crippen LogP contribution in [0.4, 0.5) is 5.69 Å². The van der Waals surface area contributed by atoms with Gasteiger partial charge in [0, 0.05) is 9.50 Å². The molecule has 5 heteroatoms. The number of hydrogen-bond donors (Lipinski definition) is 1. The van der Waals surface area contributed by atoms with Crippen molar-refractivity contribution in [2.24, 2.45) is 0 Å². The summed E-state index contributed by atoms with van der Waals surface area (Å²) in [6, 6.07) is 5.24. The van der Waals surface area contributed by atoms with E-state index in [0.29, 0.717) is 11.6 Å². The van der Waals surface area contributed by atoms with Gasteiger partial charge < -0.3 is 10.2 Å². The van der Waals surface area contributed by atoms with Gasteiger partial charge in [0.2, 0.25) is 5.91 Å². The smallest absolute Gasteiger partial charge is 0.238 e. The lowest BCUT2D eigenvalue weighted by atomic mass is 10.3. The maximum Gasteiger partial charge on any atom is 0.238 e. The van der Waals surface area contributed by atoms with Crippen LogP contribution in [-0.2, 0) is 4.79 Å². The van der Waals surface area contributed by atoms with E-state index >= 15 is 0 Å². The minimum absolute atomic E-state index is 0.0528. The van der Waals surface area contributed by atoms with Gasteiger partial charge in [-0.25, -0.2) is 0 Å². The number of carbonyl (C=O) groups excluding carboxylic acids is 1. The first-order valence-corrected chi connectivity index (χ1v) is 5.56. The fourth-order valence-corrected chi connectivity index (χ4v) is 1.85. The number of amides is 1. The summed E-state index contributed by atoms with van der Waals surface area (Å²) >= 11 is 9.12. The third-order valence-corrected chi connectivity index (χ3v) is 2.56. The minimum Gasteiger partial charge on any atom is -0.324 e. The topological polar surface area (TPSA) is 32.3 Å². The molecule has 1 aromatic carbocycles. The van der Waals surface area contributed by atoms with Gasteiger partial charge in [-0.05, 0) is 48.2 Å².